The monoisotopic (exact) mass is 363 g/mol. The molecule has 27 heavy (non-hydrogen) atoms. The maximum absolute atomic E-state index is 12.7. The maximum atomic E-state index is 12.7. The maximum Gasteiger partial charge on any atom is 0.338 e. The van der Waals surface area contributed by atoms with Crippen molar-refractivity contribution in [2.75, 3.05) is 13.2 Å². The quantitative estimate of drug-likeness (QED) is 0.787. The molecule has 5 heteroatoms. The van der Waals surface area contributed by atoms with Crippen molar-refractivity contribution in [1.82, 2.24) is 4.90 Å². The average Bonchev–Trinajstić information content (AvgIpc) is 2.72. The smallest absolute Gasteiger partial charge is 0.338 e. The number of hydrogen-bond acceptors (Lipinski definition) is 4. The largest absolute Gasteiger partial charge is 0.488 e. The third-order valence-electron chi connectivity index (χ3n) is 4.97. The molecular formula is C22H21NO4. The van der Waals surface area contributed by atoms with E-state index in [1.807, 2.05) is 42.5 Å². The van der Waals surface area contributed by atoms with E-state index in [2.05, 4.69) is 6.07 Å². The number of rotatable bonds is 3. The summed E-state index contributed by atoms with van der Waals surface area (Å²) in [4.78, 5) is 26.9. The molecule has 4 rings (SSSR count). The van der Waals surface area contributed by atoms with Gasteiger partial charge in [0, 0.05) is 18.7 Å². The molecule has 2 aliphatic heterocycles. The first-order valence-electron chi connectivity index (χ1n) is 9.11. The van der Waals surface area contributed by atoms with Crippen molar-refractivity contribution in [3.8, 4) is 5.75 Å². The molecule has 0 saturated carbocycles. The number of benzene rings is 2. The van der Waals surface area contributed by atoms with Gasteiger partial charge in [-0.2, -0.15) is 0 Å². The second-order valence-corrected chi connectivity index (χ2v) is 6.82. The summed E-state index contributed by atoms with van der Waals surface area (Å²) in [5.41, 5.74) is 3.67. The normalized spacial score (nSPS) is 16.3. The minimum atomic E-state index is -0.833. The lowest BCUT2D eigenvalue weighted by molar-refractivity contribution is -0.156. The van der Waals surface area contributed by atoms with Crippen LogP contribution >= 0.6 is 0 Å². The molecule has 1 atom stereocenters. The van der Waals surface area contributed by atoms with Gasteiger partial charge in [-0.25, -0.2) is 4.79 Å². The molecule has 0 saturated heterocycles. The summed E-state index contributed by atoms with van der Waals surface area (Å²) in [7, 11) is 0. The molecule has 0 aliphatic carbocycles. The van der Waals surface area contributed by atoms with Crippen molar-refractivity contribution >= 4 is 18.0 Å². The fourth-order valence-corrected chi connectivity index (χ4v) is 3.46. The minimum absolute atomic E-state index is 0.147. The van der Waals surface area contributed by atoms with Crippen molar-refractivity contribution in [2.24, 2.45) is 0 Å². The van der Waals surface area contributed by atoms with E-state index in [0.717, 1.165) is 23.3 Å². The van der Waals surface area contributed by atoms with Crippen molar-refractivity contribution in [3.63, 3.8) is 0 Å². The Morgan fingerprint density at radius 3 is 2.67 bits per heavy atom. The Kier molecular flexibility index (Phi) is 4.67. The van der Waals surface area contributed by atoms with Crippen LogP contribution < -0.4 is 4.74 Å². The summed E-state index contributed by atoms with van der Waals surface area (Å²) in [6, 6.07) is 15.6. The molecule has 1 amide bonds. The van der Waals surface area contributed by atoms with Gasteiger partial charge in [0.15, 0.2) is 6.10 Å². The first-order valence-corrected chi connectivity index (χ1v) is 9.11. The molecule has 2 heterocycles. The number of carbonyl (C=O) groups is 2. The fourth-order valence-electron chi connectivity index (χ4n) is 3.46. The molecule has 138 valence electrons. The van der Waals surface area contributed by atoms with Crippen LogP contribution in [0.1, 0.15) is 23.6 Å². The highest BCUT2D eigenvalue weighted by atomic mass is 16.6. The lowest BCUT2D eigenvalue weighted by atomic mass is 9.99. The summed E-state index contributed by atoms with van der Waals surface area (Å²) < 4.78 is 11.0. The Bertz CT molecular complexity index is 918. The van der Waals surface area contributed by atoms with Crippen molar-refractivity contribution < 1.29 is 19.1 Å². The Morgan fingerprint density at radius 2 is 1.81 bits per heavy atom. The lowest BCUT2D eigenvalue weighted by Crippen LogP contribution is -2.43. The Balaban J connectivity index is 1.41. The standard InChI is InChI=1S/C22H21NO4/c1-15(21(24)23-11-10-16-6-2-3-8-18(16)13-23)27-22(25)19-12-17-7-4-5-9-20(17)26-14-19/h2-9,12,15H,10-11,13-14H2,1H3/t15-/m1/s1. The summed E-state index contributed by atoms with van der Waals surface area (Å²) in [6.45, 7) is 2.96. The van der Waals surface area contributed by atoms with Crippen LogP contribution in [0.5, 0.6) is 5.75 Å². The van der Waals surface area contributed by atoms with Crippen LogP contribution in [-0.4, -0.2) is 36.0 Å². The highest BCUT2D eigenvalue weighted by Crippen LogP contribution is 2.26. The number of nitrogens with zero attached hydrogens (tertiary/aromatic N) is 1. The summed E-state index contributed by atoms with van der Waals surface area (Å²) in [6.07, 6.45) is 1.74. The Morgan fingerprint density at radius 1 is 1.07 bits per heavy atom. The van der Waals surface area contributed by atoms with Gasteiger partial charge in [0.2, 0.25) is 0 Å². The number of esters is 1. The molecule has 0 unspecified atom stereocenters. The SMILES string of the molecule is C[C@@H](OC(=O)C1=Cc2ccccc2OC1)C(=O)N1CCc2ccccc2C1. The van der Waals surface area contributed by atoms with E-state index < -0.39 is 12.1 Å². The minimum Gasteiger partial charge on any atom is -0.488 e. The number of amides is 1. The zero-order valence-corrected chi connectivity index (χ0v) is 15.2. The second-order valence-electron chi connectivity index (χ2n) is 6.82. The van der Waals surface area contributed by atoms with Crippen molar-refractivity contribution in [1.29, 1.82) is 0 Å². The zero-order valence-electron chi connectivity index (χ0n) is 15.2. The molecule has 0 N–H and O–H groups in total. The molecule has 2 aromatic carbocycles. The van der Waals surface area contributed by atoms with Gasteiger partial charge in [0.25, 0.3) is 5.91 Å². The van der Waals surface area contributed by atoms with Gasteiger partial charge in [-0.05, 0) is 36.6 Å². The van der Waals surface area contributed by atoms with Crippen molar-refractivity contribution in [2.45, 2.75) is 26.0 Å². The topological polar surface area (TPSA) is 55.8 Å². The van der Waals surface area contributed by atoms with Gasteiger partial charge >= 0.3 is 5.97 Å². The number of para-hydroxylation sites is 1. The average molecular weight is 363 g/mol. The molecule has 0 spiro atoms. The van der Waals surface area contributed by atoms with Crippen LogP contribution in [0.15, 0.2) is 54.1 Å². The highest BCUT2D eigenvalue weighted by molar-refractivity contribution is 5.96. The third-order valence-corrected chi connectivity index (χ3v) is 4.97. The van der Waals surface area contributed by atoms with Gasteiger partial charge < -0.3 is 14.4 Å². The molecule has 2 aliphatic rings. The van der Waals surface area contributed by atoms with Crippen LogP contribution in [0, 0.1) is 0 Å². The van der Waals surface area contributed by atoms with E-state index in [1.165, 1.54) is 5.56 Å². The summed E-state index contributed by atoms with van der Waals surface area (Å²) >= 11 is 0. The fraction of sp³-hybridized carbons (Fsp3) is 0.273. The van der Waals surface area contributed by atoms with E-state index >= 15 is 0 Å². The highest BCUT2D eigenvalue weighted by Gasteiger charge is 2.28. The molecular weight excluding hydrogens is 342 g/mol. The zero-order chi connectivity index (χ0) is 18.8. The number of hydrogen-bond donors (Lipinski definition) is 0. The first kappa shape index (κ1) is 17.3. The van der Waals surface area contributed by atoms with Gasteiger partial charge in [0.05, 0.1) is 5.57 Å². The van der Waals surface area contributed by atoms with E-state index in [1.54, 1.807) is 17.9 Å². The van der Waals surface area contributed by atoms with E-state index in [9.17, 15) is 9.59 Å². The Labute approximate surface area is 158 Å². The lowest BCUT2D eigenvalue weighted by Gasteiger charge is -2.30. The molecule has 0 fully saturated rings. The second kappa shape index (κ2) is 7.27. The van der Waals surface area contributed by atoms with Crippen LogP contribution in [0.25, 0.3) is 6.08 Å². The molecule has 0 aromatic heterocycles. The number of fused-ring (bicyclic) bond motifs is 2. The van der Waals surface area contributed by atoms with Crippen LogP contribution in [0.3, 0.4) is 0 Å². The van der Waals surface area contributed by atoms with Gasteiger partial charge in [-0.15, -0.1) is 0 Å². The number of carbonyl (C=O) groups excluding carboxylic acids is 2. The first-order chi connectivity index (χ1) is 13.1. The number of ether oxygens (including phenoxy) is 2. The van der Waals surface area contributed by atoms with Gasteiger partial charge in [0.1, 0.15) is 12.4 Å². The predicted octanol–water partition coefficient (Wildman–Crippen LogP) is 2.98. The van der Waals surface area contributed by atoms with E-state index in [0.29, 0.717) is 18.7 Å². The Hall–Kier alpha value is -3.08. The molecule has 2 aromatic rings. The van der Waals surface area contributed by atoms with Gasteiger partial charge in [-0.1, -0.05) is 42.5 Å². The van der Waals surface area contributed by atoms with Gasteiger partial charge in [-0.3, -0.25) is 4.79 Å². The predicted molar refractivity (Wildman–Crippen MR) is 101 cm³/mol. The third kappa shape index (κ3) is 3.58. The molecule has 0 radical (unpaired) electrons. The summed E-state index contributed by atoms with van der Waals surface area (Å²) in [5.74, 6) is 0.0588. The van der Waals surface area contributed by atoms with Crippen LogP contribution in [0.2, 0.25) is 0 Å². The molecule has 0 bridgehead atoms. The van der Waals surface area contributed by atoms with Crippen LogP contribution in [0.4, 0.5) is 0 Å². The molecule has 5 nitrogen and oxygen atoms in total. The summed E-state index contributed by atoms with van der Waals surface area (Å²) in [5, 5.41) is 0. The van der Waals surface area contributed by atoms with Crippen LogP contribution in [-0.2, 0) is 27.3 Å². The van der Waals surface area contributed by atoms with E-state index in [-0.39, 0.29) is 12.5 Å². The van der Waals surface area contributed by atoms with Crippen molar-refractivity contribution in [3.05, 3.63) is 70.8 Å². The van der Waals surface area contributed by atoms with E-state index in [4.69, 9.17) is 9.47 Å².